The number of carbonyl (C=O) groups is 2. The molecular weight excluding hydrogens is 320 g/mol. The monoisotopic (exact) mass is 344 g/mol. The molecule has 2 atom stereocenters. The highest BCUT2D eigenvalue weighted by atomic mass is 16.5. The van der Waals surface area contributed by atoms with Gasteiger partial charge in [-0.05, 0) is 12.5 Å². The number of hydrogen-bond donors (Lipinski definition) is 0. The van der Waals surface area contributed by atoms with Gasteiger partial charge in [0, 0.05) is 50.9 Å². The summed E-state index contributed by atoms with van der Waals surface area (Å²) in [6.45, 7) is 4.12. The van der Waals surface area contributed by atoms with E-state index in [1.54, 1.807) is 23.4 Å². The minimum atomic E-state index is -0.696. The van der Waals surface area contributed by atoms with E-state index in [0.29, 0.717) is 38.5 Å². The lowest BCUT2D eigenvalue weighted by molar-refractivity contribution is -0.152. The number of ether oxygens (including phenoxy) is 1. The van der Waals surface area contributed by atoms with Crippen LogP contribution in [-0.4, -0.2) is 60.0 Å². The molecule has 0 saturated carbocycles. The summed E-state index contributed by atoms with van der Waals surface area (Å²) in [5.41, 5.74) is -0.696. The van der Waals surface area contributed by atoms with Crippen molar-refractivity contribution in [2.24, 2.45) is 11.3 Å². The SMILES string of the molecule is CC/C=C/CC(=O)N1C[C@H]2CN(c3ncccn3)C[C@@]2(C(=O)OC)C1. The second kappa shape index (κ2) is 7.21. The first-order valence-corrected chi connectivity index (χ1v) is 8.64. The molecule has 0 bridgehead atoms. The number of amides is 1. The summed E-state index contributed by atoms with van der Waals surface area (Å²) in [5, 5.41) is 0. The van der Waals surface area contributed by atoms with Gasteiger partial charge in [0.1, 0.15) is 5.41 Å². The van der Waals surface area contributed by atoms with Crippen LogP contribution < -0.4 is 4.90 Å². The number of hydrogen-bond acceptors (Lipinski definition) is 6. The Morgan fingerprint density at radius 3 is 2.72 bits per heavy atom. The molecule has 7 heteroatoms. The number of aromatic nitrogens is 2. The molecule has 1 amide bonds. The summed E-state index contributed by atoms with van der Waals surface area (Å²) in [6, 6.07) is 1.76. The number of rotatable bonds is 5. The van der Waals surface area contributed by atoms with Crippen molar-refractivity contribution >= 4 is 17.8 Å². The van der Waals surface area contributed by atoms with Gasteiger partial charge < -0.3 is 14.5 Å². The van der Waals surface area contributed by atoms with Crippen molar-refractivity contribution in [3.8, 4) is 0 Å². The van der Waals surface area contributed by atoms with Crippen LogP contribution in [0.2, 0.25) is 0 Å². The van der Waals surface area contributed by atoms with Gasteiger partial charge in [0.2, 0.25) is 11.9 Å². The lowest BCUT2D eigenvalue weighted by atomic mass is 9.81. The first-order chi connectivity index (χ1) is 12.1. The summed E-state index contributed by atoms with van der Waals surface area (Å²) >= 11 is 0. The van der Waals surface area contributed by atoms with Gasteiger partial charge in [-0.15, -0.1) is 0 Å². The van der Waals surface area contributed by atoms with Crippen LogP contribution in [-0.2, 0) is 14.3 Å². The van der Waals surface area contributed by atoms with Crippen LogP contribution in [0.5, 0.6) is 0 Å². The van der Waals surface area contributed by atoms with E-state index in [9.17, 15) is 9.59 Å². The largest absolute Gasteiger partial charge is 0.468 e. The number of esters is 1. The average molecular weight is 344 g/mol. The molecule has 0 unspecified atom stereocenters. The molecule has 3 rings (SSSR count). The van der Waals surface area contributed by atoms with Gasteiger partial charge in [-0.1, -0.05) is 19.1 Å². The van der Waals surface area contributed by atoms with E-state index in [-0.39, 0.29) is 17.8 Å². The molecule has 2 aliphatic rings. The summed E-state index contributed by atoms with van der Waals surface area (Å²) in [4.78, 5) is 37.4. The summed E-state index contributed by atoms with van der Waals surface area (Å²) in [5.74, 6) is 0.451. The fourth-order valence-corrected chi connectivity index (χ4v) is 3.83. The number of nitrogens with zero attached hydrogens (tertiary/aromatic N) is 4. The highest BCUT2D eigenvalue weighted by Crippen LogP contribution is 2.44. The highest BCUT2D eigenvalue weighted by Gasteiger charge is 2.59. The third-order valence-corrected chi connectivity index (χ3v) is 5.08. The fraction of sp³-hybridized carbons (Fsp3) is 0.556. The first-order valence-electron chi connectivity index (χ1n) is 8.64. The number of likely N-dealkylation sites (tertiary alicyclic amines) is 1. The molecule has 0 aliphatic carbocycles. The molecule has 2 fully saturated rings. The first kappa shape index (κ1) is 17.4. The van der Waals surface area contributed by atoms with Crippen molar-refractivity contribution < 1.29 is 14.3 Å². The van der Waals surface area contributed by atoms with E-state index < -0.39 is 5.41 Å². The number of carbonyl (C=O) groups excluding carboxylic acids is 2. The molecule has 3 heterocycles. The Balaban J connectivity index is 1.76. The zero-order chi connectivity index (χ0) is 17.9. The van der Waals surface area contributed by atoms with Crippen molar-refractivity contribution in [1.82, 2.24) is 14.9 Å². The normalized spacial score (nSPS) is 25.4. The fourth-order valence-electron chi connectivity index (χ4n) is 3.83. The third-order valence-electron chi connectivity index (χ3n) is 5.08. The van der Waals surface area contributed by atoms with Crippen LogP contribution in [0.3, 0.4) is 0 Å². The Hall–Kier alpha value is -2.44. The van der Waals surface area contributed by atoms with Crippen molar-refractivity contribution in [1.29, 1.82) is 0 Å². The Kier molecular flexibility index (Phi) is 5.01. The van der Waals surface area contributed by atoms with E-state index in [1.807, 2.05) is 24.0 Å². The van der Waals surface area contributed by atoms with Gasteiger partial charge in [-0.2, -0.15) is 0 Å². The van der Waals surface area contributed by atoms with Crippen LogP contribution in [0, 0.1) is 11.3 Å². The Morgan fingerprint density at radius 1 is 1.28 bits per heavy atom. The summed E-state index contributed by atoms with van der Waals surface area (Å²) in [7, 11) is 1.41. The van der Waals surface area contributed by atoms with Gasteiger partial charge in [-0.3, -0.25) is 9.59 Å². The maximum Gasteiger partial charge on any atom is 0.315 e. The molecule has 7 nitrogen and oxygen atoms in total. The van der Waals surface area contributed by atoms with E-state index in [0.717, 1.165) is 6.42 Å². The average Bonchev–Trinajstić information content (AvgIpc) is 3.17. The smallest absolute Gasteiger partial charge is 0.315 e. The Morgan fingerprint density at radius 2 is 2.04 bits per heavy atom. The minimum Gasteiger partial charge on any atom is -0.468 e. The molecule has 1 aromatic heterocycles. The predicted molar refractivity (Wildman–Crippen MR) is 92.8 cm³/mol. The molecule has 0 N–H and O–H groups in total. The molecule has 2 aliphatic heterocycles. The van der Waals surface area contributed by atoms with Crippen molar-refractivity contribution in [2.45, 2.75) is 19.8 Å². The lowest BCUT2D eigenvalue weighted by Gasteiger charge is -2.26. The van der Waals surface area contributed by atoms with Crippen LogP contribution in [0.25, 0.3) is 0 Å². The van der Waals surface area contributed by atoms with Crippen LogP contribution in [0.1, 0.15) is 19.8 Å². The standard InChI is InChI=1S/C18H24N4O3/c1-3-4-5-7-15(23)21-10-14-11-22(17-19-8-6-9-20-17)13-18(14,12-21)16(24)25-2/h4-6,8-9,14H,3,7,10-13H2,1-2H3/b5-4+/t14-,18-/m0/s1. The molecule has 0 spiro atoms. The molecule has 25 heavy (non-hydrogen) atoms. The van der Waals surface area contributed by atoms with Crippen molar-refractivity contribution in [3.63, 3.8) is 0 Å². The van der Waals surface area contributed by atoms with Gasteiger partial charge in [-0.25, -0.2) is 9.97 Å². The van der Waals surface area contributed by atoms with Crippen molar-refractivity contribution in [3.05, 3.63) is 30.6 Å². The summed E-state index contributed by atoms with van der Waals surface area (Å²) in [6.07, 6.45) is 8.55. The van der Waals surface area contributed by atoms with Gasteiger partial charge in [0.15, 0.2) is 0 Å². The lowest BCUT2D eigenvalue weighted by Crippen LogP contribution is -2.43. The molecule has 134 valence electrons. The van der Waals surface area contributed by atoms with Crippen molar-refractivity contribution in [2.75, 3.05) is 38.2 Å². The topological polar surface area (TPSA) is 75.6 Å². The molecule has 0 radical (unpaired) electrons. The molecule has 1 aromatic rings. The van der Waals surface area contributed by atoms with E-state index in [4.69, 9.17) is 4.74 Å². The minimum absolute atomic E-state index is 0.0304. The van der Waals surface area contributed by atoms with E-state index in [2.05, 4.69) is 9.97 Å². The van der Waals surface area contributed by atoms with E-state index >= 15 is 0 Å². The number of anilines is 1. The number of allylic oxidation sites excluding steroid dienone is 1. The van der Waals surface area contributed by atoms with Gasteiger partial charge in [0.05, 0.1) is 7.11 Å². The second-order valence-corrected chi connectivity index (χ2v) is 6.63. The second-order valence-electron chi connectivity index (χ2n) is 6.63. The Labute approximate surface area is 147 Å². The highest BCUT2D eigenvalue weighted by molar-refractivity contribution is 5.84. The number of methoxy groups -OCH3 is 1. The zero-order valence-electron chi connectivity index (χ0n) is 14.7. The molecule has 0 aromatic carbocycles. The summed E-state index contributed by atoms with van der Waals surface area (Å²) < 4.78 is 5.09. The molecule has 2 saturated heterocycles. The number of fused-ring (bicyclic) bond motifs is 1. The molecular formula is C18H24N4O3. The third kappa shape index (κ3) is 3.23. The van der Waals surface area contributed by atoms with Crippen LogP contribution in [0.15, 0.2) is 30.6 Å². The quantitative estimate of drug-likeness (QED) is 0.591. The predicted octanol–water partition coefficient (Wildman–Crippen LogP) is 1.27. The van der Waals surface area contributed by atoms with Gasteiger partial charge >= 0.3 is 5.97 Å². The zero-order valence-corrected chi connectivity index (χ0v) is 14.7. The van der Waals surface area contributed by atoms with Crippen LogP contribution >= 0.6 is 0 Å². The van der Waals surface area contributed by atoms with E-state index in [1.165, 1.54) is 7.11 Å². The maximum atomic E-state index is 12.6. The van der Waals surface area contributed by atoms with Gasteiger partial charge in [0.25, 0.3) is 0 Å². The van der Waals surface area contributed by atoms with Crippen LogP contribution in [0.4, 0.5) is 5.95 Å². The maximum absolute atomic E-state index is 12.6. The Bertz CT molecular complexity index is 664.